The highest BCUT2D eigenvalue weighted by atomic mass is 31.1. The van der Waals surface area contributed by atoms with E-state index in [1.54, 1.807) is 38.2 Å². The average molecular weight is 473 g/mol. The number of aryl methyl sites for hydroxylation is 3. The molecule has 0 aliphatic carbocycles. The molecule has 3 rings (SSSR count). The Morgan fingerprint density at radius 1 is 0.500 bits per heavy atom. The van der Waals surface area contributed by atoms with Gasteiger partial charge in [-0.2, -0.15) is 0 Å². The smallest absolute Gasteiger partial charge is 0.0116 e. The normalized spacial score (nSPS) is 11.4. The van der Waals surface area contributed by atoms with Crippen LogP contribution in [0.3, 0.4) is 0 Å². The molecule has 0 saturated carbocycles. The van der Waals surface area contributed by atoms with Gasteiger partial charge in [0.05, 0.1) is 0 Å². The molecule has 0 spiro atoms. The summed E-state index contributed by atoms with van der Waals surface area (Å²) in [6, 6.07) is 19.2. The monoisotopic (exact) mass is 472 g/mol. The van der Waals surface area contributed by atoms with Gasteiger partial charge in [-0.25, -0.2) is 0 Å². The van der Waals surface area contributed by atoms with Crippen molar-refractivity contribution in [3.05, 3.63) is 87.5 Å². The first-order valence-corrected chi connectivity index (χ1v) is 14.9. The lowest BCUT2D eigenvalue weighted by Crippen LogP contribution is -2.29. The highest BCUT2D eigenvalue weighted by Gasteiger charge is 2.26. The summed E-state index contributed by atoms with van der Waals surface area (Å²) in [6.07, 6.45) is 9.49. The minimum absolute atomic E-state index is 0.614. The Balaban J connectivity index is 2.39. The third-order valence-electron chi connectivity index (χ3n) is 7.29. The van der Waals surface area contributed by atoms with Gasteiger partial charge < -0.3 is 0 Å². The lowest BCUT2D eigenvalue weighted by Gasteiger charge is -2.29. The Morgan fingerprint density at radius 2 is 0.971 bits per heavy atom. The summed E-state index contributed by atoms with van der Waals surface area (Å²) >= 11 is 0. The third-order valence-corrected chi connectivity index (χ3v) is 10.1. The number of benzene rings is 3. The molecule has 0 aromatic heterocycles. The predicted octanol–water partition coefficient (Wildman–Crippen LogP) is 8.18. The van der Waals surface area contributed by atoms with E-state index in [0.717, 1.165) is 0 Å². The number of rotatable bonds is 11. The molecule has 0 unspecified atom stereocenters. The van der Waals surface area contributed by atoms with Crippen LogP contribution >= 0.6 is 7.92 Å². The van der Waals surface area contributed by atoms with Gasteiger partial charge in [0.25, 0.3) is 0 Å². The van der Waals surface area contributed by atoms with Gasteiger partial charge >= 0.3 is 0 Å². The number of hydrogen-bond acceptors (Lipinski definition) is 0. The summed E-state index contributed by atoms with van der Waals surface area (Å²) < 4.78 is 0. The lowest BCUT2D eigenvalue weighted by atomic mass is 9.99. The summed E-state index contributed by atoms with van der Waals surface area (Å²) in [5, 5.41) is 4.75. The first-order valence-electron chi connectivity index (χ1n) is 13.6. The Bertz CT molecular complexity index is 1030. The zero-order valence-corrected chi connectivity index (χ0v) is 23.6. The molecule has 0 heterocycles. The van der Waals surface area contributed by atoms with Crippen molar-refractivity contribution in [2.75, 3.05) is 0 Å². The van der Waals surface area contributed by atoms with Crippen LogP contribution < -0.4 is 15.9 Å². The molecule has 1 heteroatoms. The number of hydrogen-bond donors (Lipinski definition) is 0. The zero-order valence-electron chi connectivity index (χ0n) is 22.7. The minimum atomic E-state index is -0.614. The van der Waals surface area contributed by atoms with Crippen LogP contribution in [0.25, 0.3) is 0 Å². The van der Waals surface area contributed by atoms with E-state index in [4.69, 9.17) is 0 Å². The van der Waals surface area contributed by atoms with Gasteiger partial charge in [-0.05, 0) is 109 Å². The van der Waals surface area contributed by atoms with Gasteiger partial charge in [0.15, 0.2) is 0 Å². The second kappa shape index (κ2) is 12.7. The molecule has 0 nitrogen and oxygen atoms in total. The molecule has 182 valence electrons. The molecule has 0 amide bonds. The van der Waals surface area contributed by atoms with Gasteiger partial charge in [0, 0.05) is 0 Å². The highest BCUT2D eigenvalue weighted by molar-refractivity contribution is 7.80. The van der Waals surface area contributed by atoms with Gasteiger partial charge in [0.2, 0.25) is 0 Å². The second-order valence-electron chi connectivity index (χ2n) is 9.82. The predicted molar refractivity (Wildman–Crippen MR) is 155 cm³/mol. The molecule has 0 saturated heterocycles. The van der Waals surface area contributed by atoms with E-state index in [9.17, 15) is 0 Å². The van der Waals surface area contributed by atoms with Crippen molar-refractivity contribution in [2.24, 2.45) is 0 Å². The Labute approximate surface area is 211 Å². The fraction of sp³-hybridized carbons (Fsp3) is 0.455. The maximum atomic E-state index is 2.46. The topological polar surface area (TPSA) is 0 Å². The van der Waals surface area contributed by atoms with Crippen LogP contribution in [0.2, 0.25) is 0 Å². The van der Waals surface area contributed by atoms with E-state index in [1.807, 2.05) is 0 Å². The van der Waals surface area contributed by atoms with Crippen LogP contribution in [0.4, 0.5) is 0 Å². The molecule has 0 N–H and O–H groups in total. The van der Waals surface area contributed by atoms with Crippen LogP contribution in [0, 0.1) is 20.8 Å². The molecule has 0 aliphatic heterocycles. The van der Waals surface area contributed by atoms with Crippen molar-refractivity contribution in [1.82, 2.24) is 0 Å². The fourth-order valence-corrected chi connectivity index (χ4v) is 8.35. The summed E-state index contributed by atoms with van der Waals surface area (Å²) in [5.41, 5.74) is 10.7. The highest BCUT2D eigenvalue weighted by Crippen LogP contribution is 2.39. The van der Waals surface area contributed by atoms with E-state index < -0.39 is 7.92 Å². The van der Waals surface area contributed by atoms with E-state index in [-0.39, 0.29) is 0 Å². The van der Waals surface area contributed by atoms with E-state index in [0.29, 0.717) is 0 Å². The molecule has 0 radical (unpaired) electrons. The maximum absolute atomic E-state index is 2.46. The van der Waals surface area contributed by atoms with Crippen molar-refractivity contribution < 1.29 is 0 Å². The van der Waals surface area contributed by atoms with E-state index in [1.165, 1.54) is 68.1 Å². The maximum Gasteiger partial charge on any atom is -0.0116 e. The van der Waals surface area contributed by atoms with Crippen LogP contribution in [-0.4, -0.2) is 0 Å². The van der Waals surface area contributed by atoms with Crippen LogP contribution in [-0.2, 0) is 25.7 Å². The lowest BCUT2D eigenvalue weighted by molar-refractivity contribution is 0.864. The Kier molecular flexibility index (Phi) is 9.97. The van der Waals surface area contributed by atoms with Crippen molar-refractivity contribution in [3.8, 4) is 0 Å². The van der Waals surface area contributed by atoms with Crippen molar-refractivity contribution in [1.29, 1.82) is 0 Å². The van der Waals surface area contributed by atoms with E-state index in [2.05, 4.69) is 97.0 Å². The van der Waals surface area contributed by atoms with Gasteiger partial charge in [-0.15, -0.1) is 0 Å². The summed E-state index contributed by atoms with van der Waals surface area (Å²) in [5.74, 6) is 0. The second-order valence-corrected chi connectivity index (χ2v) is 11.9. The molecule has 0 aliphatic rings. The first kappa shape index (κ1) is 26.7. The third kappa shape index (κ3) is 5.66. The van der Waals surface area contributed by atoms with Crippen LogP contribution in [0.15, 0.2) is 48.5 Å². The summed E-state index contributed by atoms with van der Waals surface area (Å²) in [4.78, 5) is 0. The summed E-state index contributed by atoms with van der Waals surface area (Å²) in [7, 11) is -0.614. The molecule has 3 aromatic rings. The standard InChI is InChI=1S/C33H45P/c1-8-14-27-18-12-20-32(29(27)16-10-3)34(31-23-22-24(5)25(6)26(31)7)33-21-13-19-28(15-9-2)30(33)17-11-4/h12-13,18-23H,8-11,14-17H2,1-7H3. The van der Waals surface area contributed by atoms with Crippen molar-refractivity contribution in [2.45, 2.75) is 99.8 Å². The fourth-order valence-electron chi connectivity index (χ4n) is 5.32. The molecule has 0 fully saturated rings. The minimum Gasteiger partial charge on any atom is -0.0651 e. The van der Waals surface area contributed by atoms with Gasteiger partial charge in [-0.1, -0.05) is 102 Å². The SMILES string of the molecule is CCCc1cccc(P(c2ccc(C)c(C)c2C)c2cccc(CCC)c2CCC)c1CCC. The van der Waals surface area contributed by atoms with Gasteiger partial charge in [-0.3, -0.25) is 0 Å². The zero-order chi connectivity index (χ0) is 24.7. The van der Waals surface area contributed by atoms with Crippen molar-refractivity contribution >= 4 is 23.8 Å². The van der Waals surface area contributed by atoms with Crippen molar-refractivity contribution in [3.63, 3.8) is 0 Å². The first-order chi connectivity index (χ1) is 16.5. The quantitative estimate of drug-likeness (QED) is 0.247. The average Bonchev–Trinajstić information content (AvgIpc) is 2.83. The molecular weight excluding hydrogens is 427 g/mol. The Morgan fingerprint density at radius 3 is 1.41 bits per heavy atom. The largest absolute Gasteiger partial charge is 0.0651 e. The summed E-state index contributed by atoms with van der Waals surface area (Å²) in [6.45, 7) is 16.2. The molecule has 0 bridgehead atoms. The Hall–Kier alpha value is -1.91. The van der Waals surface area contributed by atoms with Crippen LogP contribution in [0.5, 0.6) is 0 Å². The molecule has 3 aromatic carbocycles. The van der Waals surface area contributed by atoms with E-state index >= 15 is 0 Å². The molecule has 34 heavy (non-hydrogen) atoms. The molecule has 0 atom stereocenters. The molecular formula is C33H45P. The van der Waals surface area contributed by atoms with Crippen LogP contribution in [0.1, 0.15) is 92.3 Å². The van der Waals surface area contributed by atoms with Gasteiger partial charge in [0.1, 0.15) is 0 Å².